The van der Waals surface area contributed by atoms with E-state index in [0.29, 0.717) is 11.3 Å². The molecule has 4 rings (SSSR count). The molecule has 0 aliphatic carbocycles. The van der Waals surface area contributed by atoms with E-state index in [9.17, 15) is 13.8 Å². The molecule has 4 N–H and O–H groups in total. The fourth-order valence-electron chi connectivity index (χ4n) is 3.13. The number of rotatable bonds is 8. The van der Waals surface area contributed by atoms with E-state index in [2.05, 4.69) is 25.1 Å². The second-order valence-electron chi connectivity index (χ2n) is 7.32. The van der Waals surface area contributed by atoms with Crippen molar-refractivity contribution in [1.82, 2.24) is 14.5 Å². The second kappa shape index (κ2) is 9.47. The van der Waals surface area contributed by atoms with Crippen molar-refractivity contribution in [2.24, 2.45) is 0 Å². The van der Waals surface area contributed by atoms with Crippen LogP contribution in [0, 0.1) is 19.7 Å². The van der Waals surface area contributed by atoms with Crippen molar-refractivity contribution in [1.29, 1.82) is 0 Å². The first-order valence-corrected chi connectivity index (χ1v) is 11.3. The Labute approximate surface area is 203 Å². The Hall–Kier alpha value is -3.77. The van der Waals surface area contributed by atoms with E-state index in [1.807, 2.05) is 0 Å². The third-order valence-electron chi connectivity index (χ3n) is 4.77. The van der Waals surface area contributed by atoms with Gasteiger partial charge in [0.25, 0.3) is 0 Å². The average Bonchev–Trinajstić information content (AvgIpc) is 3.12. The zero-order valence-corrected chi connectivity index (χ0v) is 19.1. The molecule has 0 atom stereocenters. The fourth-order valence-corrected chi connectivity index (χ4v) is 3.39. The lowest BCUT2D eigenvalue weighted by Gasteiger charge is -2.13. The quantitative estimate of drug-likeness (QED) is 0.256. The summed E-state index contributed by atoms with van der Waals surface area (Å²) >= 11 is 0. The number of aryl methyl sites for hydroxylation is 1. The molecule has 0 aliphatic rings. The molecule has 0 saturated heterocycles. The number of phosphoric acid groups is 1. The third kappa shape index (κ3) is 5.49. The molecule has 0 bridgehead atoms. The van der Waals surface area contributed by atoms with Crippen LogP contribution in [0.2, 0.25) is 0 Å². The number of hydrogen-bond donors (Lipinski definition) is 4. The molecule has 35 heavy (non-hydrogen) atoms. The SMILES string of the molecule is [2H]c1nc(Nc2cc(C)c(F)c(OC([2H])([2H])[2H])c2)nc(Nc2ccc3oc(=O)n(COP(=O)(O)O)c3c2)c1C. The highest BCUT2D eigenvalue weighted by Crippen LogP contribution is 2.36. The van der Waals surface area contributed by atoms with Gasteiger partial charge in [0.2, 0.25) is 5.95 Å². The van der Waals surface area contributed by atoms with E-state index >= 15 is 0 Å². The summed E-state index contributed by atoms with van der Waals surface area (Å²) < 4.78 is 70.4. The standard InChI is InChI=1S/C21H21FN5O7P/c1-11-6-14(8-17(32-3)18(11)22)25-20-23-9-12(2)19(26-20)24-13-4-5-16-15(7-13)27(21(28)34-16)10-33-35(29,30)31/h4-9H,10H2,1-3H3,(H2,29,30,31)(H2,23,24,25,26)/i3D3,9D. The highest BCUT2D eigenvalue weighted by molar-refractivity contribution is 7.46. The monoisotopic (exact) mass is 509 g/mol. The van der Waals surface area contributed by atoms with Crippen molar-refractivity contribution in [2.45, 2.75) is 20.6 Å². The molecule has 4 aromatic rings. The van der Waals surface area contributed by atoms with Crippen LogP contribution in [0.5, 0.6) is 5.75 Å². The number of fused-ring (bicyclic) bond motifs is 1. The summed E-state index contributed by atoms with van der Waals surface area (Å²) in [6.07, 6.45) is -0.163. The molecule has 0 fully saturated rings. The molecule has 0 saturated carbocycles. The second-order valence-corrected chi connectivity index (χ2v) is 8.56. The van der Waals surface area contributed by atoms with Gasteiger partial charge in [0.15, 0.2) is 17.1 Å². The Morgan fingerprint density at radius 2 is 2.03 bits per heavy atom. The predicted octanol–water partition coefficient (Wildman–Crippen LogP) is 3.70. The first-order chi connectivity index (χ1) is 18.1. The van der Waals surface area contributed by atoms with Crippen LogP contribution in [0.3, 0.4) is 0 Å². The van der Waals surface area contributed by atoms with E-state index in [0.717, 1.165) is 10.6 Å². The topological polar surface area (TPSA) is 161 Å². The molecule has 2 heterocycles. The van der Waals surface area contributed by atoms with Crippen LogP contribution in [0.15, 0.2) is 45.7 Å². The van der Waals surface area contributed by atoms with Gasteiger partial charge in [-0.05, 0) is 43.7 Å². The number of oxazole rings is 1. The number of benzene rings is 2. The molecule has 0 aliphatic heterocycles. The molecular formula is C21H21FN5O7P. The van der Waals surface area contributed by atoms with Gasteiger partial charge in [-0.2, -0.15) is 4.98 Å². The van der Waals surface area contributed by atoms with E-state index in [1.54, 1.807) is 13.0 Å². The van der Waals surface area contributed by atoms with Gasteiger partial charge in [-0.25, -0.2) is 23.3 Å². The summed E-state index contributed by atoms with van der Waals surface area (Å²) in [6.45, 7) is 2.24. The number of phosphoric ester groups is 1. The fraction of sp³-hybridized carbons (Fsp3) is 0.190. The number of hydrogen-bond acceptors (Lipinski definition) is 9. The summed E-state index contributed by atoms with van der Waals surface area (Å²) in [5.41, 5.74) is 1.31. The molecule has 0 amide bonds. The molecule has 0 unspecified atom stereocenters. The van der Waals surface area contributed by atoms with Crippen molar-refractivity contribution in [3.05, 3.63) is 64.0 Å². The molecule has 2 aromatic carbocycles. The van der Waals surface area contributed by atoms with Gasteiger partial charge >= 0.3 is 13.6 Å². The van der Waals surface area contributed by atoms with Crippen LogP contribution in [0.25, 0.3) is 11.1 Å². The Morgan fingerprint density at radius 1 is 1.23 bits per heavy atom. The van der Waals surface area contributed by atoms with Crippen LogP contribution in [0.4, 0.5) is 27.5 Å². The van der Waals surface area contributed by atoms with Gasteiger partial charge in [-0.15, -0.1) is 0 Å². The van der Waals surface area contributed by atoms with Gasteiger partial charge < -0.3 is 29.6 Å². The molecule has 0 radical (unpaired) electrons. The zero-order valence-electron chi connectivity index (χ0n) is 22.2. The number of methoxy groups -OCH3 is 1. The van der Waals surface area contributed by atoms with Crippen LogP contribution in [-0.4, -0.2) is 31.4 Å². The molecule has 14 heteroatoms. The predicted molar refractivity (Wildman–Crippen MR) is 125 cm³/mol. The van der Waals surface area contributed by atoms with Gasteiger partial charge in [0.05, 0.1) is 18.0 Å². The number of halogens is 1. The summed E-state index contributed by atoms with van der Waals surface area (Å²) in [6, 6.07) is 6.94. The smallest absolute Gasteiger partial charge is 0.471 e. The summed E-state index contributed by atoms with van der Waals surface area (Å²) in [5, 5.41) is 5.78. The number of aromatic nitrogens is 3. The summed E-state index contributed by atoms with van der Waals surface area (Å²) in [4.78, 5) is 38.4. The van der Waals surface area contributed by atoms with E-state index in [4.69, 9.17) is 24.4 Å². The van der Waals surface area contributed by atoms with E-state index in [-0.39, 0.29) is 40.3 Å². The first-order valence-electron chi connectivity index (χ1n) is 11.8. The van der Waals surface area contributed by atoms with E-state index in [1.165, 1.54) is 25.1 Å². The van der Waals surface area contributed by atoms with Crippen LogP contribution >= 0.6 is 7.82 Å². The van der Waals surface area contributed by atoms with Gasteiger partial charge in [-0.3, -0.25) is 4.52 Å². The number of nitrogens with zero attached hydrogens (tertiary/aromatic N) is 3. The normalized spacial score (nSPS) is 13.6. The average molecular weight is 509 g/mol. The number of ether oxygens (including phenoxy) is 1. The minimum Gasteiger partial charge on any atom is -0.494 e. The summed E-state index contributed by atoms with van der Waals surface area (Å²) in [5.74, 6) is -2.14. The van der Waals surface area contributed by atoms with Crippen molar-refractivity contribution in [3.8, 4) is 5.75 Å². The van der Waals surface area contributed by atoms with Gasteiger partial charge in [0.1, 0.15) is 12.5 Å². The van der Waals surface area contributed by atoms with Gasteiger partial charge in [-0.1, -0.05) is 0 Å². The minimum absolute atomic E-state index is 0.0738. The molecule has 184 valence electrons. The zero-order chi connectivity index (χ0) is 28.7. The number of nitrogens with one attached hydrogen (secondary N) is 2. The van der Waals surface area contributed by atoms with Gasteiger partial charge in [0, 0.05) is 29.2 Å². The third-order valence-corrected chi connectivity index (χ3v) is 5.23. The van der Waals surface area contributed by atoms with Crippen molar-refractivity contribution < 1.29 is 37.9 Å². The summed E-state index contributed by atoms with van der Waals surface area (Å²) in [7, 11) is -7.73. The lowest BCUT2D eigenvalue weighted by Crippen LogP contribution is -2.15. The maximum absolute atomic E-state index is 14.4. The maximum atomic E-state index is 14.4. The first kappa shape index (κ1) is 19.5. The largest absolute Gasteiger partial charge is 0.494 e. The van der Waals surface area contributed by atoms with Crippen molar-refractivity contribution in [3.63, 3.8) is 0 Å². The van der Waals surface area contributed by atoms with Crippen LogP contribution in [0.1, 0.15) is 16.6 Å². The highest BCUT2D eigenvalue weighted by Gasteiger charge is 2.18. The van der Waals surface area contributed by atoms with Crippen molar-refractivity contribution in [2.75, 3.05) is 17.7 Å². The van der Waals surface area contributed by atoms with Crippen molar-refractivity contribution >= 4 is 42.1 Å². The lowest BCUT2D eigenvalue weighted by molar-refractivity contribution is 0.151. The number of anilines is 4. The minimum atomic E-state index is -4.86. The molecular weight excluding hydrogens is 484 g/mol. The molecule has 0 spiro atoms. The molecule has 12 nitrogen and oxygen atoms in total. The van der Waals surface area contributed by atoms with Crippen LogP contribution < -0.4 is 21.1 Å². The Bertz CT molecular complexity index is 1670. The van der Waals surface area contributed by atoms with Crippen LogP contribution in [-0.2, 0) is 15.8 Å². The Kier molecular flexibility index (Phi) is 5.28. The Balaban J connectivity index is 1.65. The highest BCUT2D eigenvalue weighted by atomic mass is 31.2. The Morgan fingerprint density at radius 3 is 2.77 bits per heavy atom. The molecule has 2 aromatic heterocycles. The lowest BCUT2D eigenvalue weighted by atomic mass is 10.2. The van der Waals surface area contributed by atoms with E-state index < -0.39 is 38.9 Å². The maximum Gasteiger partial charge on any atom is 0.471 e.